The molecule has 5 nitrogen and oxygen atoms in total. The summed E-state index contributed by atoms with van der Waals surface area (Å²) < 4.78 is 0. The number of carbonyl (C=O) groups excluding carboxylic acids is 1. The van der Waals surface area contributed by atoms with E-state index in [0.29, 0.717) is 17.1 Å². The lowest BCUT2D eigenvalue weighted by Gasteiger charge is -2.04. The first-order chi connectivity index (χ1) is 8.15. The zero-order chi connectivity index (χ0) is 12.3. The largest absolute Gasteiger partial charge is 0.397 e. The average molecular weight is 228 g/mol. The number of anilines is 2. The van der Waals surface area contributed by atoms with Crippen LogP contribution >= 0.6 is 0 Å². The van der Waals surface area contributed by atoms with Crippen molar-refractivity contribution in [3.05, 3.63) is 47.9 Å². The van der Waals surface area contributed by atoms with E-state index in [1.807, 2.05) is 6.92 Å². The number of hydrogen-bond acceptors (Lipinski definition) is 4. The summed E-state index contributed by atoms with van der Waals surface area (Å²) in [7, 11) is 0. The minimum atomic E-state index is -0.215. The van der Waals surface area contributed by atoms with Crippen LogP contribution in [0.25, 0.3) is 0 Å². The van der Waals surface area contributed by atoms with Crippen LogP contribution in [0.4, 0.5) is 11.5 Å². The molecule has 17 heavy (non-hydrogen) atoms. The molecule has 5 heteroatoms. The number of aromatic nitrogens is 2. The fourth-order valence-corrected chi connectivity index (χ4v) is 1.35. The number of amides is 1. The van der Waals surface area contributed by atoms with Crippen molar-refractivity contribution in [1.29, 1.82) is 0 Å². The molecule has 0 unspecified atom stereocenters. The summed E-state index contributed by atoms with van der Waals surface area (Å²) in [6.45, 7) is 1.83. The van der Waals surface area contributed by atoms with E-state index >= 15 is 0 Å². The van der Waals surface area contributed by atoms with Crippen LogP contribution in [-0.4, -0.2) is 15.9 Å². The second-order valence-corrected chi connectivity index (χ2v) is 3.62. The summed E-state index contributed by atoms with van der Waals surface area (Å²) in [5.41, 5.74) is 7.41. The van der Waals surface area contributed by atoms with Gasteiger partial charge in [-0.25, -0.2) is 4.98 Å². The SMILES string of the molecule is Cc1cc(C(=O)Nc2ccc(N)cn2)ccn1. The highest BCUT2D eigenvalue weighted by Gasteiger charge is 2.06. The highest BCUT2D eigenvalue weighted by atomic mass is 16.1. The molecule has 0 aromatic carbocycles. The van der Waals surface area contributed by atoms with Gasteiger partial charge >= 0.3 is 0 Å². The van der Waals surface area contributed by atoms with Gasteiger partial charge in [0.2, 0.25) is 0 Å². The number of rotatable bonds is 2. The van der Waals surface area contributed by atoms with Gasteiger partial charge in [0.15, 0.2) is 0 Å². The molecule has 0 aliphatic heterocycles. The van der Waals surface area contributed by atoms with Crippen molar-refractivity contribution in [2.75, 3.05) is 11.1 Å². The van der Waals surface area contributed by atoms with E-state index in [1.54, 1.807) is 30.5 Å². The quantitative estimate of drug-likeness (QED) is 0.818. The van der Waals surface area contributed by atoms with E-state index in [1.165, 1.54) is 6.20 Å². The van der Waals surface area contributed by atoms with Gasteiger partial charge in [0.05, 0.1) is 11.9 Å². The summed E-state index contributed by atoms with van der Waals surface area (Å²) in [6.07, 6.45) is 3.09. The van der Waals surface area contributed by atoms with Gasteiger partial charge in [-0.2, -0.15) is 0 Å². The Bertz CT molecular complexity index is 536. The Morgan fingerprint density at radius 1 is 1.29 bits per heavy atom. The van der Waals surface area contributed by atoms with E-state index in [9.17, 15) is 4.79 Å². The van der Waals surface area contributed by atoms with Crippen LogP contribution in [0, 0.1) is 6.92 Å². The van der Waals surface area contributed by atoms with Gasteiger partial charge in [0.1, 0.15) is 5.82 Å². The predicted molar refractivity (Wildman–Crippen MR) is 65.6 cm³/mol. The van der Waals surface area contributed by atoms with Gasteiger partial charge in [0, 0.05) is 17.5 Å². The lowest BCUT2D eigenvalue weighted by molar-refractivity contribution is 0.102. The summed E-state index contributed by atoms with van der Waals surface area (Å²) >= 11 is 0. The lowest BCUT2D eigenvalue weighted by atomic mass is 10.2. The maximum atomic E-state index is 11.8. The molecule has 2 aromatic heterocycles. The van der Waals surface area contributed by atoms with Gasteiger partial charge in [0.25, 0.3) is 5.91 Å². The molecule has 0 saturated heterocycles. The molecule has 0 aliphatic carbocycles. The predicted octanol–water partition coefficient (Wildman–Crippen LogP) is 1.62. The first-order valence-electron chi connectivity index (χ1n) is 5.11. The fourth-order valence-electron chi connectivity index (χ4n) is 1.35. The lowest BCUT2D eigenvalue weighted by Crippen LogP contribution is -2.13. The number of carbonyl (C=O) groups is 1. The molecular formula is C12H12N4O. The zero-order valence-electron chi connectivity index (χ0n) is 9.34. The summed E-state index contributed by atoms with van der Waals surface area (Å²) in [5, 5.41) is 2.68. The summed E-state index contributed by atoms with van der Waals surface area (Å²) in [5.74, 6) is 0.256. The number of nitrogens with two attached hydrogens (primary N) is 1. The molecule has 0 bridgehead atoms. The average Bonchev–Trinajstić information content (AvgIpc) is 2.32. The molecule has 0 aliphatic rings. The van der Waals surface area contributed by atoms with Gasteiger partial charge < -0.3 is 11.1 Å². The maximum Gasteiger partial charge on any atom is 0.256 e. The van der Waals surface area contributed by atoms with Crippen LogP contribution in [0.3, 0.4) is 0 Å². The van der Waals surface area contributed by atoms with Gasteiger partial charge in [-0.1, -0.05) is 0 Å². The molecule has 1 amide bonds. The maximum absolute atomic E-state index is 11.8. The highest BCUT2D eigenvalue weighted by Crippen LogP contribution is 2.08. The topological polar surface area (TPSA) is 80.9 Å². The Morgan fingerprint density at radius 2 is 2.12 bits per heavy atom. The number of aryl methyl sites for hydroxylation is 1. The Morgan fingerprint density at radius 3 is 2.76 bits per heavy atom. The van der Waals surface area contributed by atoms with E-state index in [0.717, 1.165) is 5.69 Å². The molecular weight excluding hydrogens is 216 g/mol. The number of pyridine rings is 2. The molecule has 2 rings (SSSR count). The number of hydrogen-bond donors (Lipinski definition) is 2. The fraction of sp³-hybridized carbons (Fsp3) is 0.0833. The normalized spacial score (nSPS) is 9.94. The summed E-state index contributed by atoms with van der Waals surface area (Å²) in [6, 6.07) is 6.70. The second kappa shape index (κ2) is 4.61. The van der Waals surface area contributed by atoms with Crippen molar-refractivity contribution in [2.45, 2.75) is 6.92 Å². The molecule has 0 spiro atoms. The highest BCUT2D eigenvalue weighted by molar-refractivity contribution is 6.03. The number of nitrogen functional groups attached to an aromatic ring is 1. The molecule has 0 atom stereocenters. The van der Waals surface area contributed by atoms with Crippen LogP contribution in [-0.2, 0) is 0 Å². The minimum Gasteiger partial charge on any atom is -0.397 e. The van der Waals surface area contributed by atoms with Crippen LogP contribution in [0.1, 0.15) is 16.1 Å². The van der Waals surface area contributed by atoms with E-state index in [4.69, 9.17) is 5.73 Å². The minimum absolute atomic E-state index is 0.215. The van der Waals surface area contributed by atoms with E-state index < -0.39 is 0 Å². The van der Waals surface area contributed by atoms with Crippen molar-refractivity contribution < 1.29 is 4.79 Å². The van der Waals surface area contributed by atoms with Crippen molar-refractivity contribution in [1.82, 2.24) is 9.97 Å². The van der Waals surface area contributed by atoms with Gasteiger partial charge in [-0.15, -0.1) is 0 Å². The van der Waals surface area contributed by atoms with Gasteiger partial charge in [-0.3, -0.25) is 9.78 Å². The second-order valence-electron chi connectivity index (χ2n) is 3.62. The molecule has 2 heterocycles. The monoisotopic (exact) mass is 228 g/mol. The Hall–Kier alpha value is -2.43. The van der Waals surface area contributed by atoms with Crippen molar-refractivity contribution >= 4 is 17.4 Å². The number of nitrogens with one attached hydrogen (secondary N) is 1. The van der Waals surface area contributed by atoms with Crippen LogP contribution in [0.15, 0.2) is 36.7 Å². The molecule has 0 radical (unpaired) electrons. The molecule has 0 saturated carbocycles. The summed E-state index contributed by atoms with van der Waals surface area (Å²) in [4.78, 5) is 19.9. The molecule has 86 valence electrons. The third-order valence-electron chi connectivity index (χ3n) is 2.19. The third kappa shape index (κ3) is 2.78. The first-order valence-corrected chi connectivity index (χ1v) is 5.11. The van der Waals surface area contributed by atoms with Crippen molar-refractivity contribution in [3.63, 3.8) is 0 Å². The zero-order valence-corrected chi connectivity index (χ0v) is 9.34. The van der Waals surface area contributed by atoms with Crippen molar-refractivity contribution in [3.8, 4) is 0 Å². The van der Waals surface area contributed by atoms with Crippen molar-refractivity contribution in [2.24, 2.45) is 0 Å². The smallest absolute Gasteiger partial charge is 0.256 e. The Kier molecular flexibility index (Phi) is 3.00. The standard InChI is InChI=1S/C12H12N4O/c1-8-6-9(4-5-14-8)12(17)16-11-3-2-10(13)7-15-11/h2-7H,13H2,1H3,(H,15,16,17). The van der Waals surface area contributed by atoms with E-state index in [-0.39, 0.29) is 5.91 Å². The Labute approximate surface area is 98.7 Å². The molecule has 3 N–H and O–H groups in total. The van der Waals surface area contributed by atoms with Crippen LogP contribution < -0.4 is 11.1 Å². The van der Waals surface area contributed by atoms with Crippen LogP contribution in [0.5, 0.6) is 0 Å². The van der Waals surface area contributed by atoms with Gasteiger partial charge in [-0.05, 0) is 31.2 Å². The number of nitrogens with zero attached hydrogens (tertiary/aromatic N) is 2. The molecule has 0 fully saturated rings. The first kappa shape index (κ1) is 11.1. The third-order valence-corrected chi connectivity index (χ3v) is 2.19. The van der Waals surface area contributed by atoms with E-state index in [2.05, 4.69) is 15.3 Å². The molecule has 2 aromatic rings. The van der Waals surface area contributed by atoms with Crippen LogP contribution in [0.2, 0.25) is 0 Å². The Balaban J connectivity index is 2.14.